The van der Waals surface area contributed by atoms with Gasteiger partial charge in [0.25, 0.3) is 5.91 Å². The molecule has 19 heavy (non-hydrogen) atoms. The molecule has 0 saturated carbocycles. The lowest BCUT2D eigenvalue weighted by Gasteiger charge is -2.22. The molecular formula is C14H19BrClNOS. The van der Waals surface area contributed by atoms with E-state index in [1.807, 2.05) is 23.3 Å². The van der Waals surface area contributed by atoms with Crippen molar-refractivity contribution >= 4 is 45.2 Å². The minimum absolute atomic E-state index is 0.0220. The lowest BCUT2D eigenvalue weighted by molar-refractivity contribution is 0.0764. The molecule has 0 unspecified atom stereocenters. The maximum absolute atomic E-state index is 12.5. The number of rotatable bonds is 7. The Balaban J connectivity index is 2.94. The highest BCUT2D eigenvalue weighted by Crippen LogP contribution is 2.24. The van der Waals surface area contributed by atoms with Gasteiger partial charge in [-0.1, -0.05) is 40.9 Å². The van der Waals surface area contributed by atoms with E-state index in [0.29, 0.717) is 17.1 Å². The lowest BCUT2D eigenvalue weighted by Crippen LogP contribution is -2.33. The smallest absolute Gasteiger partial charge is 0.255 e. The molecule has 0 bridgehead atoms. The minimum atomic E-state index is 0.0220. The third kappa shape index (κ3) is 5.01. The lowest BCUT2D eigenvalue weighted by atomic mass is 10.2. The third-order valence-electron chi connectivity index (χ3n) is 2.83. The molecule has 0 radical (unpaired) electrons. The average Bonchev–Trinajstić information content (AvgIpc) is 2.43. The van der Waals surface area contributed by atoms with Gasteiger partial charge in [-0.15, -0.1) is 11.8 Å². The van der Waals surface area contributed by atoms with Crippen molar-refractivity contribution in [2.45, 2.75) is 24.7 Å². The van der Waals surface area contributed by atoms with Crippen molar-refractivity contribution in [2.24, 2.45) is 0 Å². The van der Waals surface area contributed by atoms with E-state index in [-0.39, 0.29) is 5.91 Å². The van der Waals surface area contributed by atoms with Gasteiger partial charge < -0.3 is 4.90 Å². The van der Waals surface area contributed by atoms with Gasteiger partial charge in [0.2, 0.25) is 0 Å². The molecule has 0 aliphatic rings. The number of thioether (sulfide) groups is 1. The Labute approximate surface area is 133 Å². The summed E-state index contributed by atoms with van der Waals surface area (Å²) >= 11 is 11.2. The Morgan fingerprint density at radius 1 is 1.42 bits per heavy atom. The van der Waals surface area contributed by atoms with Gasteiger partial charge in [0.1, 0.15) is 0 Å². The van der Waals surface area contributed by atoms with Crippen molar-refractivity contribution in [3.63, 3.8) is 0 Å². The van der Waals surface area contributed by atoms with E-state index < -0.39 is 0 Å². The largest absolute Gasteiger partial charge is 0.338 e. The summed E-state index contributed by atoms with van der Waals surface area (Å²) in [6.45, 7) is 3.61. The molecule has 1 rings (SSSR count). The third-order valence-corrected chi connectivity index (χ3v) is 4.24. The number of nitrogens with zero attached hydrogens (tertiary/aromatic N) is 1. The van der Waals surface area contributed by atoms with E-state index in [1.54, 1.807) is 17.8 Å². The van der Waals surface area contributed by atoms with Crippen LogP contribution < -0.4 is 0 Å². The van der Waals surface area contributed by atoms with Crippen molar-refractivity contribution < 1.29 is 4.79 Å². The fraction of sp³-hybridized carbons (Fsp3) is 0.500. The molecule has 0 aliphatic heterocycles. The van der Waals surface area contributed by atoms with E-state index in [4.69, 9.17) is 11.6 Å². The molecule has 0 atom stereocenters. The maximum atomic E-state index is 12.5. The number of benzene rings is 1. The first-order chi connectivity index (χ1) is 9.13. The molecule has 0 N–H and O–H groups in total. The van der Waals surface area contributed by atoms with Gasteiger partial charge in [-0.05, 0) is 30.9 Å². The molecule has 106 valence electrons. The minimum Gasteiger partial charge on any atom is -0.338 e. The molecule has 0 aromatic heterocycles. The monoisotopic (exact) mass is 363 g/mol. The standard InChI is InChI=1S/C14H19BrClNOS/c1-3-4-8-17(9-7-15)14(18)12-10-11(19-2)5-6-13(12)16/h5-6,10H,3-4,7-9H2,1-2H3. The molecular weight excluding hydrogens is 346 g/mol. The van der Waals surface area contributed by atoms with Crippen LogP contribution >= 0.6 is 39.3 Å². The number of carbonyl (C=O) groups is 1. The number of unbranched alkanes of at least 4 members (excludes halogenated alkanes) is 1. The number of amides is 1. The number of carbonyl (C=O) groups excluding carboxylic acids is 1. The highest BCUT2D eigenvalue weighted by atomic mass is 79.9. The first-order valence-electron chi connectivity index (χ1n) is 6.32. The van der Waals surface area contributed by atoms with Gasteiger partial charge in [-0.2, -0.15) is 0 Å². The van der Waals surface area contributed by atoms with Gasteiger partial charge in [-0.25, -0.2) is 0 Å². The summed E-state index contributed by atoms with van der Waals surface area (Å²) in [7, 11) is 0. The summed E-state index contributed by atoms with van der Waals surface area (Å²) < 4.78 is 0. The zero-order valence-electron chi connectivity index (χ0n) is 11.3. The van der Waals surface area contributed by atoms with E-state index in [9.17, 15) is 4.79 Å². The summed E-state index contributed by atoms with van der Waals surface area (Å²) in [5.74, 6) is 0.0220. The SMILES string of the molecule is CCCCN(CCBr)C(=O)c1cc(SC)ccc1Cl. The Kier molecular flexibility index (Phi) is 7.88. The summed E-state index contributed by atoms with van der Waals surface area (Å²) in [6, 6.07) is 5.61. The zero-order valence-corrected chi connectivity index (χ0v) is 14.4. The fourth-order valence-electron chi connectivity index (χ4n) is 1.73. The molecule has 0 fully saturated rings. The van der Waals surface area contributed by atoms with Gasteiger partial charge >= 0.3 is 0 Å². The quantitative estimate of drug-likeness (QED) is 0.516. The first-order valence-corrected chi connectivity index (χ1v) is 9.05. The molecule has 2 nitrogen and oxygen atoms in total. The molecule has 1 aromatic rings. The van der Waals surface area contributed by atoms with Crippen molar-refractivity contribution in [2.75, 3.05) is 24.7 Å². The summed E-state index contributed by atoms with van der Waals surface area (Å²) in [5, 5.41) is 1.31. The molecule has 0 spiro atoms. The second-order valence-electron chi connectivity index (χ2n) is 4.18. The summed E-state index contributed by atoms with van der Waals surface area (Å²) in [6.07, 6.45) is 4.08. The van der Waals surface area contributed by atoms with E-state index in [1.165, 1.54) is 0 Å². The van der Waals surface area contributed by atoms with Crippen LogP contribution in [0.25, 0.3) is 0 Å². The van der Waals surface area contributed by atoms with Crippen LogP contribution in [0.4, 0.5) is 0 Å². The Morgan fingerprint density at radius 2 is 2.16 bits per heavy atom. The van der Waals surface area contributed by atoms with E-state index in [0.717, 1.165) is 29.6 Å². The predicted molar refractivity (Wildman–Crippen MR) is 87.8 cm³/mol. The van der Waals surface area contributed by atoms with Crippen LogP contribution in [0, 0.1) is 0 Å². The van der Waals surface area contributed by atoms with Crippen LogP contribution in [-0.4, -0.2) is 35.5 Å². The van der Waals surface area contributed by atoms with Crippen LogP contribution in [0.1, 0.15) is 30.1 Å². The fourth-order valence-corrected chi connectivity index (χ4v) is 2.80. The second kappa shape index (κ2) is 8.88. The first kappa shape index (κ1) is 16.9. The van der Waals surface area contributed by atoms with Crippen molar-refractivity contribution in [1.29, 1.82) is 0 Å². The normalized spacial score (nSPS) is 10.5. The Morgan fingerprint density at radius 3 is 2.74 bits per heavy atom. The predicted octanol–water partition coefficient (Wildman–Crippen LogP) is 4.70. The second-order valence-corrected chi connectivity index (χ2v) is 6.26. The maximum Gasteiger partial charge on any atom is 0.255 e. The summed E-state index contributed by atoms with van der Waals surface area (Å²) in [5.41, 5.74) is 0.602. The number of hydrogen-bond acceptors (Lipinski definition) is 2. The van der Waals surface area contributed by atoms with Crippen LogP contribution in [0.3, 0.4) is 0 Å². The topological polar surface area (TPSA) is 20.3 Å². The Hall–Kier alpha value is -0.190. The van der Waals surface area contributed by atoms with Crippen LogP contribution in [0.2, 0.25) is 5.02 Å². The Bertz CT molecular complexity index is 428. The van der Waals surface area contributed by atoms with Crippen molar-refractivity contribution in [3.8, 4) is 0 Å². The molecule has 1 aromatic carbocycles. The van der Waals surface area contributed by atoms with Gasteiger partial charge in [0.15, 0.2) is 0 Å². The molecule has 0 heterocycles. The van der Waals surface area contributed by atoms with Crippen LogP contribution in [-0.2, 0) is 0 Å². The zero-order chi connectivity index (χ0) is 14.3. The summed E-state index contributed by atoms with van der Waals surface area (Å²) in [4.78, 5) is 15.5. The van der Waals surface area contributed by atoms with Crippen LogP contribution in [0.15, 0.2) is 23.1 Å². The molecule has 0 saturated heterocycles. The van der Waals surface area contributed by atoms with Gasteiger partial charge in [0.05, 0.1) is 10.6 Å². The molecule has 1 amide bonds. The molecule has 0 aliphatic carbocycles. The van der Waals surface area contributed by atoms with Crippen molar-refractivity contribution in [1.82, 2.24) is 4.90 Å². The highest BCUT2D eigenvalue weighted by molar-refractivity contribution is 9.09. The van der Waals surface area contributed by atoms with Gasteiger partial charge in [0, 0.05) is 23.3 Å². The van der Waals surface area contributed by atoms with E-state index in [2.05, 4.69) is 22.9 Å². The number of hydrogen-bond donors (Lipinski definition) is 0. The van der Waals surface area contributed by atoms with Gasteiger partial charge in [-0.3, -0.25) is 4.79 Å². The highest BCUT2D eigenvalue weighted by Gasteiger charge is 2.18. The van der Waals surface area contributed by atoms with Crippen molar-refractivity contribution in [3.05, 3.63) is 28.8 Å². The molecule has 5 heteroatoms. The number of halogens is 2. The number of alkyl halides is 1. The average molecular weight is 365 g/mol. The van der Waals surface area contributed by atoms with Crippen LogP contribution in [0.5, 0.6) is 0 Å². The van der Waals surface area contributed by atoms with E-state index >= 15 is 0 Å².